The molecule has 3 rings (SSSR count). The quantitative estimate of drug-likeness (QED) is 0.834. The Hall–Kier alpha value is -0.340. The highest BCUT2D eigenvalue weighted by atomic mass is 79.9. The Bertz CT molecular complexity index is 419. The lowest BCUT2D eigenvalue weighted by molar-refractivity contribution is 0.238. The molecular formula is C17H24BrN. The van der Waals surface area contributed by atoms with Crippen molar-refractivity contribution in [3.05, 3.63) is 34.3 Å². The number of hydrogen-bond donors (Lipinski definition) is 1. The molecule has 0 heterocycles. The van der Waals surface area contributed by atoms with Crippen molar-refractivity contribution in [1.82, 2.24) is 5.32 Å². The van der Waals surface area contributed by atoms with Crippen LogP contribution in [0.1, 0.15) is 56.9 Å². The van der Waals surface area contributed by atoms with Gasteiger partial charge in [-0.3, -0.25) is 0 Å². The molecule has 0 saturated heterocycles. The van der Waals surface area contributed by atoms with Crippen LogP contribution < -0.4 is 5.32 Å². The fraction of sp³-hybridized carbons (Fsp3) is 0.647. The van der Waals surface area contributed by atoms with Crippen LogP contribution in [0.2, 0.25) is 0 Å². The molecule has 0 spiro atoms. The molecule has 0 bridgehead atoms. The Morgan fingerprint density at radius 1 is 1.16 bits per heavy atom. The summed E-state index contributed by atoms with van der Waals surface area (Å²) in [4.78, 5) is 0. The molecule has 104 valence electrons. The standard InChI is InChI=1S/C17H24BrN/c1-12(13-6-2-3-7-13)19-15-10-14(11-15)16-8-4-5-9-17(16)18/h4-5,8-9,12-15,19H,2-3,6-7,10-11H2,1H3/t12-,14?,15?/m0/s1. The Balaban J connectivity index is 1.49. The van der Waals surface area contributed by atoms with E-state index in [4.69, 9.17) is 0 Å². The number of hydrogen-bond acceptors (Lipinski definition) is 1. The minimum absolute atomic E-state index is 0.715. The second kappa shape index (κ2) is 5.97. The first-order valence-corrected chi connectivity index (χ1v) is 8.54. The van der Waals surface area contributed by atoms with E-state index in [0.717, 1.165) is 17.9 Å². The smallest absolute Gasteiger partial charge is 0.0210 e. The van der Waals surface area contributed by atoms with Gasteiger partial charge in [-0.15, -0.1) is 0 Å². The summed E-state index contributed by atoms with van der Waals surface area (Å²) in [6.45, 7) is 2.39. The van der Waals surface area contributed by atoms with E-state index in [1.165, 1.54) is 48.6 Å². The number of rotatable bonds is 4. The topological polar surface area (TPSA) is 12.0 Å². The van der Waals surface area contributed by atoms with Gasteiger partial charge in [-0.2, -0.15) is 0 Å². The van der Waals surface area contributed by atoms with Crippen LogP contribution in [-0.4, -0.2) is 12.1 Å². The van der Waals surface area contributed by atoms with Crippen LogP contribution in [-0.2, 0) is 0 Å². The van der Waals surface area contributed by atoms with Gasteiger partial charge >= 0.3 is 0 Å². The van der Waals surface area contributed by atoms with Crippen LogP contribution in [0.5, 0.6) is 0 Å². The predicted molar refractivity (Wildman–Crippen MR) is 84.5 cm³/mol. The van der Waals surface area contributed by atoms with Crippen molar-refractivity contribution in [1.29, 1.82) is 0 Å². The van der Waals surface area contributed by atoms with Crippen molar-refractivity contribution in [2.24, 2.45) is 5.92 Å². The molecule has 0 radical (unpaired) electrons. The average Bonchev–Trinajstić information content (AvgIpc) is 2.88. The van der Waals surface area contributed by atoms with Crippen molar-refractivity contribution in [3.8, 4) is 0 Å². The molecule has 2 aliphatic carbocycles. The van der Waals surface area contributed by atoms with Crippen LogP contribution in [0.4, 0.5) is 0 Å². The molecule has 0 amide bonds. The SMILES string of the molecule is C[C@H](NC1CC(c2ccccc2Br)C1)C1CCCC1. The minimum Gasteiger partial charge on any atom is -0.311 e. The molecular weight excluding hydrogens is 298 g/mol. The average molecular weight is 322 g/mol. The van der Waals surface area contributed by atoms with Gasteiger partial charge in [0.1, 0.15) is 0 Å². The van der Waals surface area contributed by atoms with E-state index in [-0.39, 0.29) is 0 Å². The predicted octanol–water partition coefficient (Wildman–Crippen LogP) is 4.86. The summed E-state index contributed by atoms with van der Waals surface area (Å²) >= 11 is 3.68. The second-order valence-corrected chi connectivity index (χ2v) is 7.24. The highest BCUT2D eigenvalue weighted by Crippen LogP contribution is 2.40. The Morgan fingerprint density at radius 2 is 1.84 bits per heavy atom. The fourth-order valence-electron chi connectivity index (χ4n) is 3.78. The van der Waals surface area contributed by atoms with Crippen molar-refractivity contribution >= 4 is 15.9 Å². The maximum absolute atomic E-state index is 3.86. The summed E-state index contributed by atoms with van der Waals surface area (Å²) in [6, 6.07) is 10.1. The lowest BCUT2D eigenvalue weighted by Crippen LogP contribution is -2.46. The van der Waals surface area contributed by atoms with Crippen molar-refractivity contribution in [3.63, 3.8) is 0 Å². The van der Waals surface area contributed by atoms with Crippen LogP contribution >= 0.6 is 15.9 Å². The molecule has 1 atom stereocenters. The van der Waals surface area contributed by atoms with E-state index in [1.54, 1.807) is 0 Å². The first-order chi connectivity index (χ1) is 9.24. The first-order valence-electron chi connectivity index (χ1n) is 7.74. The van der Waals surface area contributed by atoms with Crippen molar-refractivity contribution in [2.45, 2.75) is 63.5 Å². The lowest BCUT2D eigenvalue weighted by atomic mass is 9.75. The molecule has 2 aliphatic rings. The highest BCUT2D eigenvalue weighted by Gasteiger charge is 2.33. The number of nitrogens with one attached hydrogen (secondary N) is 1. The summed E-state index contributed by atoms with van der Waals surface area (Å²) < 4.78 is 1.28. The first kappa shape index (κ1) is 13.6. The molecule has 0 unspecified atom stereocenters. The van der Waals surface area contributed by atoms with Crippen LogP contribution in [0.15, 0.2) is 28.7 Å². The molecule has 2 heteroatoms. The molecule has 2 saturated carbocycles. The number of benzene rings is 1. The van der Waals surface area contributed by atoms with Crippen LogP contribution in [0.25, 0.3) is 0 Å². The van der Waals surface area contributed by atoms with Gasteiger partial charge in [0.25, 0.3) is 0 Å². The van der Waals surface area contributed by atoms with Gasteiger partial charge in [-0.1, -0.05) is 47.0 Å². The van der Waals surface area contributed by atoms with Crippen LogP contribution in [0, 0.1) is 5.92 Å². The van der Waals surface area contributed by atoms with Gasteiger partial charge in [-0.25, -0.2) is 0 Å². The summed E-state index contributed by atoms with van der Waals surface area (Å²) in [7, 11) is 0. The zero-order valence-electron chi connectivity index (χ0n) is 11.7. The van der Waals surface area contributed by atoms with Gasteiger partial charge in [0.15, 0.2) is 0 Å². The lowest BCUT2D eigenvalue weighted by Gasteiger charge is -2.39. The molecule has 1 aromatic carbocycles. The van der Waals surface area contributed by atoms with Gasteiger partial charge in [-0.05, 0) is 56.1 Å². The van der Waals surface area contributed by atoms with Gasteiger partial charge in [0.05, 0.1) is 0 Å². The Kier molecular flexibility index (Phi) is 4.28. The van der Waals surface area contributed by atoms with E-state index in [0.29, 0.717) is 6.04 Å². The third-order valence-electron chi connectivity index (χ3n) is 5.09. The van der Waals surface area contributed by atoms with E-state index in [1.807, 2.05) is 0 Å². The molecule has 19 heavy (non-hydrogen) atoms. The normalized spacial score (nSPS) is 29.2. The molecule has 1 aromatic rings. The van der Waals surface area contributed by atoms with E-state index in [9.17, 15) is 0 Å². The molecule has 1 N–H and O–H groups in total. The Labute approximate surface area is 125 Å². The van der Waals surface area contributed by atoms with E-state index >= 15 is 0 Å². The molecule has 0 aliphatic heterocycles. The van der Waals surface area contributed by atoms with Gasteiger partial charge in [0, 0.05) is 16.6 Å². The molecule has 0 aromatic heterocycles. The minimum atomic E-state index is 0.715. The van der Waals surface area contributed by atoms with Crippen molar-refractivity contribution < 1.29 is 0 Å². The zero-order chi connectivity index (χ0) is 13.2. The second-order valence-electron chi connectivity index (χ2n) is 6.39. The molecule has 2 fully saturated rings. The van der Waals surface area contributed by atoms with Crippen molar-refractivity contribution in [2.75, 3.05) is 0 Å². The fourth-order valence-corrected chi connectivity index (χ4v) is 4.39. The van der Waals surface area contributed by atoms with E-state index in [2.05, 4.69) is 52.4 Å². The summed E-state index contributed by atoms with van der Waals surface area (Å²) in [5.74, 6) is 1.69. The van der Waals surface area contributed by atoms with Gasteiger partial charge in [0.2, 0.25) is 0 Å². The van der Waals surface area contributed by atoms with Crippen LogP contribution in [0.3, 0.4) is 0 Å². The monoisotopic (exact) mass is 321 g/mol. The van der Waals surface area contributed by atoms with Gasteiger partial charge < -0.3 is 5.32 Å². The third-order valence-corrected chi connectivity index (χ3v) is 5.81. The maximum atomic E-state index is 3.86. The maximum Gasteiger partial charge on any atom is 0.0210 e. The number of halogens is 1. The summed E-state index contributed by atoms with van der Waals surface area (Å²) in [5, 5.41) is 3.86. The highest BCUT2D eigenvalue weighted by molar-refractivity contribution is 9.10. The summed E-state index contributed by atoms with van der Waals surface area (Å²) in [6.07, 6.45) is 8.38. The third kappa shape index (κ3) is 3.05. The van der Waals surface area contributed by atoms with E-state index < -0.39 is 0 Å². The Morgan fingerprint density at radius 3 is 2.53 bits per heavy atom. The zero-order valence-corrected chi connectivity index (χ0v) is 13.3. The largest absolute Gasteiger partial charge is 0.311 e. The molecule has 1 nitrogen and oxygen atoms in total. The summed E-state index contributed by atoms with van der Waals surface area (Å²) in [5.41, 5.74) is 1.49.